The Morgan fingerprint density at radius 3 is 2.52 bits per heavy atom. The lowest BCUT2D eigenvalue weighted by atomic mass is 10.1. The number of aromatic nitrogens is 1. The maximum Gasteiger partial charge on any atom is 0.230 e. The number of carbonyl (C=O) groups is 1. The molecular weight excluding hydrogens is 379 g/mol. The van der Waals surface area contributed by atoms with Crippen molar-refractivity contribution in [3.05, 3.63) is 40.9 Å². The molecule has 1 amide bonds. The summed E-state index contributed by atoms with van der Waals surface area (Å²) in [7, 11) is 0. The molecule has 0 atom stereocenters. The molecule has 1 saturated heterocycles. The van der Waals surface area contributed by atoms with Crippen LogP contribution in [0.25, 0.3) is 0 Å². The zero-order chi connectivity index (χ0) is 16.1. The van der Waals surface area contributed by atoms with Crippen LogP contribution >= 0.6 is 36.2 Å². The SMILES string of the molecule is Cl.Cl.Nc1ccc(CC(=O)Nc2nc(CN3CCCCC3)cs2)cc1. The number of amides is 1. The van der Waals surface area contributed by atoms with Crippen LogP contribution in [0.1, 0.15) is 30.5 Å². The largest absolute Gasteiger partial charge is 0.399 e. The number of nitrogen functional groups attached to an aromatic ring is 1. The number of nitrogens with two attached hydrogens (primary N) is 1. The molecule has 0 bridgehead atoms. The molecule has 138 valence electrons. The van der Waals surface area contributed by atoms with Crippen LogP contribution in [0.15, 0.2) is 29.6 Å². The second-order valence-electron chi connectivity index (χ2n) is 5.95. The number of rotatable bonds is 5. The number of piperidine rings is 1. The van der Waals surface area contributed by atoms with Gasteiger partial charge in [-0.25, -0.2) is 4.98 Å². The Labute approximate surface area is 164 Å². The highest BCUT2D eigenvalue weighted by atomic mass is 35.5. The summed E-state index contributed by atoms with van der Waals surface area (Å²) in [4.78, 5) is 19.0. The fourth-order valence-electron chi connectivity index (χ4n) is 2.77. The lowest BCUT2D eigenvalue weighted by Gasteiger charge is -2.25. The standard InChI is InChI=1S/C17H22N4OS.2ClH/c18-14-6-4-13(5-7-14)10-16(22)20-17-19-15(12-23-17)11-21-8-2-1-3-9-21;;/h4-7,12H,1-3,8-11,18H2,(H,19,20,22);2*1H. The predicted octanol–water partition coefficient (Wildman–Crippen LogP) is 3.74. The third kappa shape index (κ3) is 6.82. The lowest BCUT2D eigenvalue weighted by molar-refractivity contribution is -0.115. The molecular formula is C17H24Cl2N4OS. The lowest BCUT2D eigenvalue weighted by Crippen LogP contribution is -2.29. The highest BCUT2D eigenvalue weighted by Crippen LogP contribution is 2.19. The van der Waals surface area contributed by atoms with Gasteiger partial charge < -0.3 is 11.1 Å². The van der Waals surface area contributed by atoms with Gasteiger partial charge in [0.2, 0.25) is 5.91 Å². The molecule has 1 aromatic carbocycles. The first-order chi connectivity index (χ1) is 11.2. The van der Waals surface area contributed by atoms with Crippen molar-refractivity contribution in [2.24, 2.45) is 0 Å². The molecule has 0 saturated carbocycles. The van der Waals surface area contributed by atoms with Gasteiger partial charge in [0.05, 0.1) is 12.1 Å². The van der Waals surface area contributed by atoms with E-state index in [1.165, 1.54) is 30.6 Å². The van der Waals surface area contributed by atoms with Crippen molar-refractivity contribution in [1.82, 2.24) is 9.88 Å². The van der Waals surface area contributed by atoms with Gasteiger partial charge in [-0.1, -0.05) is 18.6 Å². The highest BCUT2D eigenvalue weighted by molar-refractivity contribution is 7.13. The number of likely N-dealkylation sites (tertiary alicyclic amines) is 1. The van der Waals surface area contributed by atoms with Crippen LogP contribution in [0.5, 0.6) is 0 Å². The maximum absolute atomic E-state index is 12.1. The van der Waals surface area contributed by atoms with E-state index in [2.05, 4.69) is 15.2 Å². The fourth-order valence-corrected chi connectivity index (χ4v) is 3.49. The molecule has 3 N–H and O–H groups in total. The minimum absolute atomic E-state index is 0. The third-order valence-electron chi connectivity index (χ3n) is 3.98. The first-order valence-corrected chi connectivity index (χ1v) is 8.88. The summed E-state index contributed by atoms with van der Waals surface area (Å²) in [6, 6.07) is 7.36. The minimum Gasteiger partial charge on any atom is -0.399 e. The van der Waals surface area contributed by atoms with E-state index in [4.69, 9.17) is 5.73 Å². The summed E-state index contributed by atoms with van der Waals surface area (Å²) >= 11 is 1.49. The molecule has 25 heavy (non-hydrogen) atoms. The number of hydrogen-bond donors (Lipinski definition) is 2. The van der Waals surface area contributed by atoms with Crippen LogP contribution in [-0.2, 0) is 17.8 Å². The fraction of sp³-hybridized carbons (Fsp3) is 0.412. The van der Waals surface area contributed by atoms with E-state index < -0.39 is 0 Å². The number of hydrogen-bond acceptors (Lipinski definition) is 5. The van der Waals surface area contributed by atoms with Crippen molar-refractivity contribution in [2.75, 3.05) is 24.1 Å². The normalized spacial score (nSPS) is 14.2. The molecule has 0 spiro atoms. The van der Waals surface area contributed by atoms with Crippen molar-refractivity contribution < 1.29 is 4.79 Å². The second kappa shape index (κ2) is 10.6. The Bertz CT molecular complexity index is 657. The summed E-state index contributed by atoms with van der Waals surface area (Å²) in [6.45, 7) is 3.18. The van der Waals surface area contributed by atoms with E-state index in [1.54, 1.807) is 0 Å². The van der Waals surface area contributed by atoms with Crippen LogP contribution in [0, 0.1) is 0 Å². The highest BCUT2D eigenvalue weighted by Gasteiger charge is 2.13. The predicted molar refractivity (Wildman–Crippen MR) is 109 cm³/mol. The Hall–Kier alpha value is -1.34. The number of benzene rings is 1. The Morgan fingerprint density at radius 1 is 1.16 bits per heavy atom. The molecule has 8 heteroatoms. The van der Waals surface area contributed by atoms with Crippen molar-refractivity contribution in [3.8, 4) is 0 Å². The van der Waals surface area contributed by atoms with Gasteiger partial charge in [0.25, 0.3) is 0 Å². The number of halogens is 2. The van der Waals surface area contributed by atoms with E-state index in [0.717, 1.165) is 30.9 Å². The van der Waals surface area contributed by atoms with Crippen molar-refractivity contribution >= 4 is 52.9 Å². The van der Waals surface area contributed by atoms with E-state index in [-0.39, 0.29) is 30.7 Å². The molecule has 2 heterocycles. The molecule has 1 aliphatic rings. The number of nitrogens with zero attached hydrogens (tertiary/aromatic N) is 2. The zero-order valence-electron chi connectivity index (χ0n) is 13.9. The summed E-state index contributed by atoms with van der Waals surface area (Å²) < 4.78 is 0. The van der Waals surface area contributed by atoms with Crippen molar-refractivity contribution in [2.45, 2.75) is 32.2 Å². The molecule has 3 rings (SSSR count). The van der Waals surface area contributed by atoms with Gasteiger partial charge in [0.15, 0.2) is 5.13 Å². The van der Waals surface area contributed by atoms with Gasteiger partial charge in [0.1, 0.15) is 0 Å². The molecule has 0 unspecified atom stereocenters. The Morgan fingerprint density at radius 2 is 1.84 bits per heavy atom. The number of thiazole rings is 1. The molecule has 5 nitrogen and oxygen atoms in total. The van der Waals surface area contributed by atoms with Crippen molar-refractivity contribution in [1.29, 1.82) is 0 Å². The van der Waals surface area contributed by atoms with Gasteiger partial charge >= 0.3 is 0 Å². The average Bonchev–Trinajstić information content (AvgIpc) is 2.97. The van der Waals surface area contributed by atoms with E-state index in [1.807, 2.05) is 29.6 Å². The van der Waals surface area contributed by atoms with E-state index >= 15 is 0 Å². The topological polar surface area (TPSA) is 71.2 Å². The van der Waals surface area contributed by atoms with Crippen LogP contribution in [0.3, 0.4) is 0 Å². The molecule has 0 radical (unpaired) electrons. The van der Waals surface area contributed by atoms with Crippen molar-refractivity contribution in [3.63, 3.8) is 0 Å². The quantitative estimate of drug-likeness (QED) is 0.747. The monoisotopic (exact) mass is 402 g/mol. The van der Waals surface area contributed by atoms with Gasteiger partial charge in [0, 0.05) is 17.6 Å². The average molecular weight is 403 g/mol. The van der Waals surface area contributed by atoms with Crippen LogP contribution in [-0.4, -0.2) is 28.9 Å². The smallest absolute Gasteiger partial charge is 0.230 e. The van der Waals surface area contributed by atoms with Gasteiger partial charge in [-0.05, 0) is 43.6 Å². The number of carbonyl (C=O) groups excluding carboxylic acids is 1. The summed E-state index contributed by atoms with van der Waals surface area (Å²) in [5, 5.41) is 5.59. The third-order valence-corrected chi connectivity index (χ3v) is 4.78. The molecule has 0 aliphatic carbocycles. The molecule has 2 aromatic rings. The molecule has 1 aromatic heterocycles. The molecule has 1 fully saturated rings. The zero-order valence-corrected chi connectivity index (χ0v) is 16.4. The molecule has 1 aliphatic heterocycles. The Kier molecular flexibility index (Phi) is 9.21. The van der Waals surface area contributed by atoms with Gasteiger partial charge in [-0.15, -0.1) is 36.2 Å². The van der Waals surface area contributed by atoms with Gasteiger partial charge in [-0.2, -0.15) is 0 Å². The van der Waals surface area contributed by atoms with Crippen LogP contribution in [0.2, 0.25) is 0 Å². The summed E-state index contributed by atoms with van der Waals surface area (Å²) in [5.41, 5.74) is 8.34. The number of anilines is 2. The van der Waals surface area contributed by atoms with E-state index in [9.17, 15) is 4.79 Å². The summed E-state index contributed by atoms with van der Waals surface area (Å²) in [6.07, 6.45) is 4.21. The minimum atomic E-state index is -0.0476. The second-order valence-corrected chi connectivity index (χ2v) is 6.81. The van der Waals surface area contributed by atoms with Crippen LogP contribution in [0.4, 0.5) is 10.8 Å². The van der Waals surface area contributed by atoms with Gasteiger partial charge in [-0.3, -0.25) is 9.69 Å². The number of nitrogens with one attached hydrogen (secondary N) is 1. The van der Waals surface area contributed by atoms with E-state index in [0.29, 0.717) is 17.2 Å². The first kappa shape index (κ1) is 21.7. The van der Waals surface area contributed by atoms with Crippen LogP contribution < -0.4 is 11.1 Å². The Balaban J connectivity index is 0.00000156. The maximum atomic E-state index is 12.1. The first-order valence-electron chi connectivity index (χ1n) is 8.00. The summed E-state index contributed by atoms with van der Waals surface area (Å²) in [5.74, 6) is -0.0476.